The summed E-state index contributed by atoms with van der Waals surface area (Å²) in [6, 6.07) is 3.54. The highest BCUT2D eigenvalue weighted by Gasteiger charge is 2.20. The topological polar surface area (TPSA) is 56.5 Å². The van der Waals surface area contributed by atoms with E-state index in [4.69, 9.17) is 0 Å². The summed E-state index contributed by atoms with van der Waals surface area (Å²) in [6.45, 7) is 3.73. The summed E-state index contributed by atoms with van der Waals surface area (Å²) in [6.07, 6.45) is 2.25. The van der Waals surface area contributed by atoms with Gasteiger partial charge in [-0.25, -0.2) is 18.4 Å². The minimum atomic E-state index is -2.70. The lowest BCUT2D eigenvalue weighted by Gasteiger charge is -2.09. The number of hydrogen-bond acceptors (Lipinski definition) is 4. The van der Waals surface area contributed by atoms with E-state index in [1.54, 1.807) is 24.7 Å². The molecule has 0 aromatic carbocycles. The highest BCUT2D eigenvalue weighted by Crippen LogP contribution is 2.26. The summed E-state index contributed by atoms with van der Waals surface area (Å²) in [4.78, 5) is 12.3. The Morgan fingerprint density at radius 2 is 2.00 bits per heavy atom. The molecule has 3 aromatic rings. The number of hydrogen-bond donors (Lipinski definition) is 0. The Labute approximate surface area is 119 Å². The molecule has 0 aliphatic carbocycles. The lowest BCUT2D eigenvalue weighted by molar-refractivity contribution is 0.139. The number of alkyl halides is 2. The standard InChI is InChI=1S/C14H13F2N5/c1-8(2)21-14(19-13(20-21)12(15)16)10-5-9-6-17-4-3-11(9)18-7-10/h3-8,12H,1-2H3. The lowest BCUT2D eigenvalue weighted by Crippen LogP contribution is -2.05. The van der Waals surface area contributed by atoms with Gasteiger partial charge in [0.25, 0.3) is 6.43 Å². The molecule has 3 aromatic heterocycles. The second-order valence-corrected chi connectivity index (χ2v) is 4.92. The Bertz CT molecular complexity index is 782. The van der Waals surface area contributed by atoms with Crippen LogP contribution in [0.15, 0.2) is 30.7 Å². The molecule has 3 rings (SSSR count). The first-order chi connectivity index (χ1) is 10.1. The van der Waals surface area contributed by atoms with Crippen LogP contribution in [-0.4, -0.2) is 24.7 Å². The molecule has 0 atom stereocenters. The second-order valence-electron chi connectivity index (χ2n) is 4.92. The van der Waals surface area contributed by atoms with Gasteiger partial charge in [-0.2, -0.15) is 0 Å². The van der Waals surface area contributed by atoms with Crippen molar-refractivity contribution in [1.29, 1.82) is 0 Å². The fourth-order valence-corrected chi connectivity index (χ4v) is 2.08. The van der Waals surface area contributed by atoms with Gasteiger partial charge in [-0.15, -0.1) is 5.10 Å². The molecular formula is C14H13F2N5. The Balaban J connectivity index is 2.16. The molecule has 3 heterocycles. The van der Waals surface area contributed by atoms with Gasteiger partial charge >= 0.3 is 0 Å². The number of fused-ring (bicyclic) bond motifs is 1. The fraction of sp³-hybridized carbons (Fsp3) is 0.286. The summed E-state index contributed by atoms with van der Waals surface area (Å²) in [5.41, 5.74) is 1.43. The van der Waals surface area contributed by atoms with Crippen molar-refractivity contribution in [3.8, 4) is 11.4 Å². The molecule has 0 bridgehead atoms. The Morgan fingerprint density at radius 3 is 2.71 bits per heavy atom. The molecule has 0 aliphatic rings. The minimum Gasteiger partial charge on any atom is -0.264 e. The first-order valence-electron chi connectivity index (χ1n) is 6.51. The average Bonchev–Trinajstić information content (AvgIpc) is 2.92. The Kier molecular flexibility index (Phi) is 3.32. The van der Waals surface area contributed by atoms with E-state index in [0.717, 1.165) is 10.9 Å². The molecule has 0 spiro atoms. The van der Waals surface area contributed by atoms with Gasteiger partial charge in [-0.05, 0) is 26.0 Å². The monoisotopic (exact) mass is 289 g/mol. The predicted octanol–water partition coefficient (Wildman–Crippen LogP) is 3.41. The number of nitrogens with zero attached hydrogens (tertiary/aromatic N) is 5. The van der Waals surface area contributed by atoms with Crippen LogP contribution in [0.25, 0.3) is 22.3 Å². The summed E-state index contributed by atoms with van der Waals surface area (Å²) < 4.78 is 27.1. The van der Waals surface area contributed by atoms with Crippen LogP contribution >= 0.6 is 0 Å². The largest absolute Gasteiger partial charge is 0.299 e. The van der Waals surface area contributed by atoms with E-state index in [-0.39, 0.29) is 6.04 Å². The quantitative estimate of drug-likeness (QED) is 0.741. The summed E-state index contributed by atoms with van der Waals surface area (Å²) in [5.74, 6) is -0.0801. The Morgan fingerprint density at radius 1 is 1.19 bits per heavy atom. The SMILES string of the molecule is CC(C)n1nc(C(F)F)nc1-c1cnc2ccncc2c1. The van der Waals surface area contributed by atoms with E-state index in [1.807, 2.05) is 19.9 Å². The van der Waals surface area contributed by atoms with Crippen LogP contribution in [0.2, 0.25) is 0 Å². The number of aromatic nitrogens is 5. The molecule has 0 fully saturated rings. The van der Waals surface area contributed by atoms with Crippen molar-refractivity contribution < 1.29 is 8.78 Å². The van der Waals surface area contributed by atoms with Crippen LogP contribution in [0.4, 0.5) is 8.78 Å². The molecule has 108 valence electrons. The van der Waals surface area contributed by atoms with Crippen LogP contribution in [0, 0.1) is 0 Å². The molecule has 0 saturated heterocycles. The number of rotatable bonds is 3. The zero-order valence-corrected chi connectivity index (χ0v) is 11.5. The maximum atomic E-state index is 12.8. The van der Waals surface area contributed by atoms with Gasteiger partial charge in [-0.1, -0.05) is 0 Å². The van der Waals surface area contributed by atoms with Crippen molar-refractivity contribution in [2.45, 2.75) is 26.3 Å². The molecule has 5 nitrogen and oxygen atoms in total. The summed E-state index contributed by atoms with van der Waals surface area (Å²) in [7, 11) is 0. The van der Waals surface area contributed by atoms with Crippen molar-refractivity contribution >= 4 is 10.9 Å². The number of pyridine rings is 2. The van der Waals surface area contributed by atoms with Gasteiger partial charge in [0.1, 0.15) is 0 Å². The molecule has 21 heavy (non-hydrogen) atoms. The van der Waals surface area contributed by atoms with E-state index in [1.165, 1.54) is 4.68 Å². The van der Waals surface area contributed by atoms with Crippen LogP contribution in [0.5, 0.6) is 0 Å². The van der Waals surface area contributed by atoms with Crippen LogP contribution in [0.1, 0.15) is 32.1 Å². The highest BCUT2D eigenvalue weighted by atomic mass is 19.3. The van der Waals surface area contributed by atoms with E-state index in [9.17, 15) is 8.78 Å². The molecule has 0 unspecified atom stereocenters. The fourth-order valence-electron chi connectivity index (χ4n) is 2.08. The van der Waals surface area contributed by atoms with Crippen LogP contribution < -0.4 is 0 Å². The molecule has 7 heteroatoms. The van der Waals surface area contributed by atoms with Gasteiger partial charge in [0.2, 0.25) is 5.82 Å². The first-order valence-corrected chi connectivity index (χ1v) is 6.51. The average molecular weight is 289 g/mol. The van der Waals surface area contributed by atoms with Crippen molar-refractivity contribution in [2.24, 2.45) is 0 Å². The van der Waals surface area contributed by atoms with Crippen molar-refractivity contribution in [3.05, 3.63) is 36.5 Å². The van der Waals surface area contributed by atoms with E-state index < -0.39 is 12.2 Å². The third-order valence-corrected chi connectivity index (χ3v) is 3.07. The highest BCUT2D eigenvalue weighted by molar-refractivity contribution is 5.81. The summed E-state index contributed by atoms with van der Waals surface area (Å²) >= 11 is 0. The van der Waals surface area contributed by atoms with E-state index in [0.29, 0.717) is 11.4 Å². The van der Waals surface area contributed by atoms with Crippen LogP contribution in [-0.2, 0) is 0 Å². The second kappa shape index (κ2) is 5.16. The van der Waals surface area contributed by atoms with Gasteiger partial charge in [0, 0.05) is 35.6 Å². The molecule has 0 N–H and O–H groups in total. The van der Waals surface area contributed by atoms with Gasteiger partial charge in [0.15, 0.2) is 5.82 Å². The van der Waals surface area contributed by atoms with Gasteiger partial charge < -0.3 is 0 Å². The predicted molar refractivity (Wildman–Crippen MR) is 73.9 cm³/mol. The first kappa shape index (κ1) is 13.5. The Hall–Kier alpha value is -2.44. The van der Waals surface area contributed by atoms with Crippen molar-refractivity contribution in [3.63, 3.8) is 0 Å². The van der Waals surface area contributed by atoms with E-state index in [2.05, 4.69) is 20.1 Å². The van der Waals surface area contributed by atoms with Crippen molar-refractivity contribution in [1.82, 2.24) is 24.7 Å². The van der Waals surface area contributed by atoms with Crippen LogP contribution in [0.3, 0.4) is 0 Å². The van der Waals surface area contributed by atoms with Gasteiger partial charge in [0.05, 0.1) is 5.52 Å². The molecule has 0 radical (unpaired) electrons. The van der Waals surface area contributed by atoms with Crippen molar-refractivity contribution in [2.75, 3.05) is 0 Å². The molecule has 0 amide bonds. The number of halogens is 2. The smallest absolute Gasteiger partial charge is 0.264 e. The minimum absolute atomic E-state index is 0.0791. The maximum Gasteiger partial charge on any atom is 0.299 e. The molecule has 0 aliphatic heterocycles. The maximum absolute atomic E-state index is 12.8. The van der Waals surface area contributed by atoms with E-state index >= 15 is 0 Å². The normalized spacial score (nSPS) is 11.7. The lowest BCUT2D eigenvalue weighted by atomic mass is 10.2. The molecule has 0 saturated carbocycles. The molecular weight excluding hydrogens is 276 g/mol. The van der Waals surface area contributed by atoms with Gasteiger partial charge in [-0.3, -0.25) is 9.97 Å². The third-order valence-electron chi connectivity index (χ3n) is 3.07. The zero-order chi connectivity index (χ0) is 15.0. The third kappa shape index (κ3) is 2.46. The summed E-state index contributed by atoms with van der Waals surface area (Å²) in [5, 5.41) is 4.70. The zero-order valence-electron chi connectivity index (χ0n) is 11.5.